The number of hydrogen-bond acceptors (Lipinski definition) is 2. The van der Waals surface area contributed by atoms with Crippen LogP contribution in [0, 0.1) is 0 Å². The monoisotopic (exact) mass is 183 g/mol. The fourth-order valence-electron chi connectivity index (χ4n) is 1.63. The van der Waals surface area contributed by atoms with Gasteiger partial charge in [-0.1, -0.05) is 20.8 Å². The molecule has 0 aliphatic rings. The van der Waals surface area contributed by atoms with E-state index in [-0.39, 0.29) is 0 Å². The average Bonchev–Trinajstić information content (AvgIpc) is 2.62. The van der Waals surface area contributed by atoms with Gasteiger partial charge in [0, 0.05) is 0 Å². The van der Waals surface area contributed by atoms with Crippen molar-refractivity contribution in [2.24, 2.45) is 0 Å². The molecule has 0 radical (unpaired) electrons. The van der Waals surface area contributed by atoms with Gasteiger partial charge in [-0.2, -0.15) is 10.2 Å². The summed E-state index contributed by atoms with van der Waals surface area (Å²) in [6.45, 7) is 6.76. The summed E-state index contributed by atoms with van der Waals surface area (Å²) in [5.41, 5.74) is 0. The zero-order valence-corrected chi connectivity index (χ0v) is 9.12. The van der Waals surface area contributed by atoms with Gasteiger partial charge in [0.15, 0.2) is 0 Å². The fraction of sp³-hybridized carbons (Fsp3) is 0.750. The summed E-state index contributed by atoms with van der Waals surface area (Å²) in [5, 5.41) is 8.54. The van der Waals surface area contributed by atoms with Crippen molar-refractivity contribution in [1.82, 2.24) is 14.7 Å². The van der Waals surface area contributed by atoms with Gasteiger partial charge in [-0.05, 0) is 18.1 Å². The number of aromatic nitrogens is 3. The van der Waals surface area contributed by atoms with E-state index in [4.69, 9.17) is 0 Å². The van der Waals surface area contributed by atoms with Gasteiger partial charge in [0.1, 0.15) is 0 Å². The first-order chi connectivity index (χ1) is 5.79. The van der Waals surface area contributed by atoms with E-state index in [1.54, 1.807) is 12.4 Å². The van der Waals surface area contributed by atoms with Crippen molar-refractivity contribution in [3.05, 3.63) is 12.4 Å². The molecule has 0 aliphatic heterocycles. The maximum Gasteiger partial charge on any atom is 0.210 e. The number of nitrogens with zero attached hydrogens (tertiary/aromatic N) is 3. The molecule has 1 aromatic heterocycles. The molecular formula is C8H17N3Si. The third-order valence-corrected chi connectivity index (χ3v) is 7.85. The van der Waals surface area contributed by atoms with Crippen LogP contribution in [0.5, 0.6) is 0 Å². The maximum atomic E-state index is 4.27. The molecule has 0 unspecified atom stereocenters. The van der Waals surface area contributed by atoms with Crippen molar-refractivity contribution in [3.63, 3.8) is 0 Å². The third-order valence-electron chi connectivity index (χ3n) is 2.82. The first-order valence-electron chi connectivity index (χ1n) is 4.66. The van der Waals surface area contributed by atoms with E-state index in [0.29, 0.717) is 0 Å². The van der Waals surface area contributed by atoms with Crippen LogP contribution in [0.25, 0.3) is 0 Å². The van der Waals surface area contributed by atoms with E-state index in [1.165, 1.54) is 18.1 Å². The van der Waals surface area contributed by atoms with Crippen molar-refractivity contribution in [2.75, 3.05) is 0 Å². The van der Waals surface area contributed by atoms with Gasteiger partial charge < -0.3 is 0 Å². The Hall–Kier alpha value is -0.643. The Balaban J connectivity index is 2.93. The molecule has 0 aromatic carbocycles. The van der Waals surface area contributed by atoms with Gasteiger partial charge in [0.25, 0.3) is 0 Å². The topological polar surface area (TPSA) is 30.7 Å². The molecule has 0 aliphatic carbocycles. The minimum absolute atomic E-state index is 1.23. The molecule has 0 atom stereocenters. The van der Waals surface area contributed by atoms with Crippen LogP contribution in [-0.2, 0) is 0 Å². The second-order valence-corrected chi connectivity index (χ2v) is 8.07. The van der Waals surface area contributed by atoms with Crippen LogP contribution < -0.4 is 0 Å². The van der Waals surface area contributed by atoms with Gasteiger partial charge in [0.05, 0.1) is 12.4 Å². The second-order valence-electron chi connectivity index (χ2n) is 3.10. The summed E-state index contributed by atoms with van der Waals surface area (Å²) >= 11 is 0. The fourth-order valence-corrected chi connectivity index (χ4v) is 4.61. The normalized spacial score (nSPS) is 11.9. The first kappa shape index (κ1) is 9.44. The van der Waals surface area contributed by atoms with Crippen molar-refractivity contribution in [2.45, 2.75) is 38.9 Å². The number of hydrogen-bond donors (Lipinski definition) is 0. The molecule has 3 nitrogen and oxygen atoms in total. The van der Waals surface area contributed by atoms with E-state index in [9.17, 15) is 0 Å². The van der Waals surface area contributed by atoms with Crippen molar-refractivity contribution in [1.29, 1.82) is 0 Å². The average molecular weight is 183 g/mol. The highest BCUT2D eigenvalue weighted by Crippen LogP contribution is 2.19. The van der Waals surface area contributed by atoms with Gasteiger partial charge in [-0.25, -0.2) is 4.46 Å². The van der Waals surface area contributed by atoms with E-state index in [1.807, 2.05) is 4.46 Å². The molecule has 4 heteroatoms. The van der Waals surface area contributed by atoms with Crippen LogP contribution in [0.4, 0.5) is 0 Å². The minimum atomic E-state index is -1.35. The van der Waals surface area contributed by atoms with E-state index >= 15 is 0 Å². The first-order valence-corrected chi connectivity index (χ1v) is 7.22. The van der Waals surface area contributed by atoms with Crippen molar-refractivity contribution >= 4 is 8.24 Å². The Bertz CT molecular complexity index is 208. The SMILES string of the molecule is CC[Si](CC)(CC)n1nccn1. The summed E-state index contributed by atoms with van der Waals surface area (Å²) < 4.78 is 1.99. The lowest BCUT2D eigenvalue weighted by Crippen LogP contribution is -2.42. The summed E-state index contributed by atoms with van der Waals surface area (Å²) in [4.78, 5) is 0. The van der Waals surface area contributed by atoms with Gasteiger partial charge >= 0.3 is 0 Å². The molecule has 0 bridgehead atoms. The predicted molar refractivity (Wildman–Crippen MR) is 52.6 cm³/mol. The molecular weight excluding hydrogens is 166 g/mol. The molecule has 0 N–H and O–H groups in total. The quantitative estimate of drug-likeness (QED) is 0.670. The molecule has 68 valence electrons. The molecule has 0 spiro atoms. The van der Waals surface area contributed by atoms with Crippen molar-refractivity contribution in [3.8, 4) is 0 Å². The highest BCUT2D eigenvalue weighted by Gasteiger charge is 2.31. The highest BCUT2D eigenvalue weighted by molar-refractivity contribution is 6.77. The molecule has 12 heavy (non-hydrogen) atoms. The summed E-state index contributed by atoms with van der Waals surface area (Å²) in [5.74, 6) is 0. The molecule has 1 heterocycles. The molecule has 1 rings (SSSR count). The minimum Gasteiger partial charge on any atom is -0.221 e. The van der Waals surface area contributed by atoms with Gasteiger partial charge in [0.2, 0.25) is 8.24 Å². The Labute approximate surface area is 74.9 Å². The lowest BCUT2D eigenvalue weighted by Gasteiger charge is -2.25. The lowest BCUT2D eigenvalue weighted by atomic mass is 10.9. The van der Waals surface area contributed by atoms with Crippen LogP contribution in [0.3, 0.4) is 0 Å². The van der Waals surface area contributed by atoms with Crippen LogP contribution >= 0.6 is 0 Å². The largest absolute Gasteiger partial charge is 0.221 e. The number of rotatable bonds is 4. The third kappa shape index (κ3) is 1.43. The molecule has 1 aromatic rings. The van der Waals surface area contributed by atoms with Crippen molar-refractivity contribution < 1.29 is 0 Å². The Morgan fingerprint density at radius 1 is 1.00 bits per heavy atom. The van der Waals surface area contributed by atoms with Crippen LogP contribution in [0.2, 0.25) is 18.1 Å². The lowest BCUT2D eigenvalue weighted by molar-refractivity contribution is 0.767. The zero-order chi connectivity index (χ0) is 9.03. The van der Waals surface area contributed by atoms with E-state index < -0.39 is 8.24 Å². The van der Waals surface area contributed by atoms with Gasteiger partial charge in [-0.3, -0.25) is 0 Å². The Morgan fingerprint density at radius 3 is 1.75 bits per heavy atom. The highest BCUT2D eigenvalue weighted by atomic mass is 28.3. The zero-order valence-electron chi connectivity index (χ0n) is 8.12. The van der Waals surface area contributed by atoms with Gasteiger partial charge in [-0.15, -0.1) is 0 Å². The van der Waals surface area contributed by atoms with E-state index in [0.717, 1.165) is 0 Å². The Kier molecular flexibility index (Phi) is 3.03. The smallest absolute Gasteiger partial charge is 0.210 e. The standard InChI is InChI=1S/C8H17N3Si/c1-4-12(5-2,6-3)11-9-7-8-10-11/h7-8H,4-6H2,1-3H3. The van der Waals surface area contributed by atoms with Crippen LogP contribution in [0.1, 0.15) is 20.8 Å². The van der Waals surface area contributed by atoms with E-state index in [2.05, 4.69) is 31.0 Å². The summed E-state index contributed by atoms with van der Waals surface area (Å²) in [6, 6.07) is 3.69. The molecule has 0 saturated heterocycles. The maximum absolute atomic E-state index is 4.27. The predicted octanol–water partition coefficient (Wildman–Crippen LogP) is 2.13. The second kappa shape index (κ2) is 3.84. The molecule has 0 fully saturated rings. The summed E-state index contributed by atoms with van der Waals surface area (Å²) in [6.07, 6.45) is 3.56. The van der Waals surface area contributed by atoms with Crippen LogP contribution in [-0.4, -0.2) is 22.9 Å². The molecule has 0 amide bonds. The van der Waals surface area contributed by atoms with Crippen LogP contribution in [0.15, 0.2) is 12.4 Å². The summed E-state index contributed by atoms with van der Waals surface area (Å²) in [7, 11) is -1.35. The molecule has 0 saturated carbocycles. The Morgan fingerprint density at radius 2 is 1.42 bits per heavy atom.